The number of thioether (sulfide) groups is 1. The van der Waals surface area contributed by atoms with E-state index in [-0.39, 0.29) is 24.4 Å². The fourth-order valence-corrected chi connectivity index (χ4v) is 3.94. The second kappa shape index (κ2) is 4.15. The highest BCUT2D eigenvalue weighted by molar-refractivity contribution is 8.02. The monoisotopic (exact) mass is 261 g/mol. The van der Waals surface area contributed by atoms with Gasteiger partial charge in [-0.15, -0.1) is 0 Å². The van der Waals surface area contributed by atoms with E-state index in [0.717, 1.165) is 11.8 Å². The summed E-state index contributed by atoms with van der Waals surface area (Å²) in [7, 11) is 0. The number of carboxylic acid groups (broad SMARTS) is 1. The summed E-state index contributed by atoms with van der Waals surface area (Å²) in [6.45, 7) is 3.58. The van der Waals surface area contributed by atoms with Gasteiger partial charge in [-0.05, 0) is 13.8 Å². The van der Waals surface area contributed by atoms with Crippen LogP contribution < -0.4 is 0 Å². The van der Waals surface area contributed by atoms with Crippen LogP contribution in [0.4, 0.5) is 0 Å². The smallest absolute Gasteiger partial charge is 0.348 e. The molecule has 2 saturated heterocycles. The Bertz CT molecular complexity index is 361. The minimum Gasteiger partial charge on any atom is -0.478 e. The van der Waals surface area contributed by atoms with Crippen molar-refractivity contribution in [2.24, 2.45) is 5.92 Å². The average Bonchev–Trinajstić information content (AvgIpc) is 2.55. The van der Waals surface area contributed by atoms with Crippen LogP contribution in [0.15, 0.2) is 0 Å². The molecule has 0 aromatic carbocycles. The molecule has 0 aromatic heterocycles. The van der Waals surface area contributed by atoms with Crippen molar-refractivity contribution >= 4 is 23.6 Å². The minimum absolute atomic E-state index is 0.0492. The lowest BCUT2D eigenvalue weighted by Crippen LogP contribution is -2.60. The van der Waals surface area contributed by atoms with Gasteiger partial charge in [0.25, 0.3) is 0 Å². The van der Waals surface area contributed by atoms with E-state index in [4.69, 9.17) is 4.74 Å². The number of ether oxygens (including phenoxy) is 1. The van der Waals surface area contributed by atoms with Crippen LogP contribution in [0.3, 0.4) is 0 Å². The molecule has 96 valence electrons. The maximum absolute atomic E-state index is 11.7. The Morgan fingerprint density at radius 1 is 1.76 bits per heavy atom. The molecule has 0 saturated carbocycles. The molecule has 2 fully saturated rings. The van der Waals surface area contributed by atoms with E-state index in [2.05, 4.69) is 0 Å². The lowest BCUT2D eigenvalue weighted by Gasteiger charge is -2.42. The molecule has 2 N–H and O–H groups in total. The first-order valence-corrected chi connectivity index (χ1v) is 6.34. The second-order valence-electron chi connectivity index (χ2n) is 4.23. The number of aliphatic hydroxyl groups excluding tert-OH is 1. The van der Waals surface area contributed by atoms with E-state index in [1.165, 1.54) is 4.90 Å². The van der Waals surface area contributed by atoms with Crippen molar-refractivity contribution < 1.29 is 24.5 Å². The molecule has 7 heteroatoms. The van der Waals surface area contributed by atoms with Crippen LogP contribution in [0.2, 0.25) is 0 Å². The van der Waals surface area contributed by atoms with E-state index in [1.54, 1.807) is 13.8 Å². The maximum Gasteiger partial charge on any atom is 0.348 e. The van der Waals surface area contributed by atoms with Gasteiger partial charge in [0.1, 0.15) is 0 Å². The van der Waals surface area contributed by atoms with Gasteiger partial charge in [0.15, 0.2) is 0 Å². The first-order valence-electron chi connectivity index (χ1n) is 5.46. The number of aliphatic carboxylic acids is 1. The van der Waals surface area contributed by atoms with Crippen molar-refractivity contribution in [1.82, 2.24) is 4.90 Å². The fraction of sp³-hybridized carbons (Fsp3) is 0.800. The first-order chi connectivity index (χ1) is 7.93. The molecule has 4 atom stereocenters. The summed E-state index contributed by atoms with van der Waals surface area (Å²) in [6, 6.07) is 0. The van der Waals surface area contributed by atoms with E-state index in [1.807, 2.05) is 0 Å². The van der Waals surface area contributed by atoms with Crippen LogP contribution in [0.25, 0.3) is 0 Å². The number of fused-ring (bicyclic) bond motifs is 1. The zero-order valence-corrected chi connectivity index (χ0v) is 10.4. The molecule has 0 bridgehead atoms. The highest BCUT2D eigenvalue weighted by Crippen LogP contribution is 2.51. The molecule has 0 aliphatic carbocycles. The third-order valence-corrected chi connectivity index (χ3v) is 4.69. The number of rotatable bonds is 4. The molecule has 2 rings (SSSR count). The summed E-state index contributed by atoms with van der Waals surface area (Å²) in [5, 5.41) is 18.4. The van der Waals surface area contributed by atoms with Crippen LogP contribution in [0.5, 0.6) is 0 Å². The van der Waals surface area contributed by atoms with Gasteiger partial charge in [0, 0.05) is 6.61 Å². The van der Waals surface area contributed by atoms with Gasteiger partial charge in [-0.25, -0.2) is 4.79 Å². The Morgan fingerprint density at radius 3 is 2.88 bits per heavy atom. The predicted molar refractivity (Wildman–Crippen MR) is 60.3 cm³/mol. The van der Waals surface area contributed by atoms with Gasteiger partial charge < -0.3 is 19.8 Å². The topological polar surface area (TPSA) is 87.1 Å². The summed E-state index contributed by atoms with van der Waals surface area (Å²) in [5.41, 5.74) is 0. The summed E-state index contributed by atoms with van der Waals surface area (Å²) < 4.78 is 5.30. The zero-order valence-electron chi connectivity index (χ0n) is 9.62. The molecule has 2 heterocycles. The largest absolute Gasteiger partial charge is 0.478 e. The summed E-state index contributed by atoms with van der Waals surface area (Å²) in [4.78, 5) is 23.1. The lowest BCUT2D eigenvalue weighted by atomic mass is 9.93. The number of hydrogen-bond acceptors (Lipinski definition) is 5. The first kappa shape index (κ1) is 12.7. The zero-order chi connectivity index (χ0) is 12.8. The minimum atomic E-state index is -1.38. The van der Waals surface area contributed by atoms with Crippen molar-refractivity contribution in [1.29, 1.82) is 0 Å². The van der Waals surface area contributed by atoms with E-state index in [9.17, 15) is 19.8 Å². The molecule has 2 aliphatic rings. The van der Waals surface area contributed by atoms with Crippen LogP contribution in [0.1, 0.15) is 13.8 Å². The van der Waals surface area contributed by atoms with Crippen molar-refractivity contribution in [3.63, 3.8) is 0 Å². The Hall–Kier alpha value is -0.790. The number of amides is 1. The number of aliphatic hydroxyl groups is 1. The molecule has 2 aliphatic heterocycles. The summed E-state index contributed by atoms with van der Waals surface area (Å²) >= 11 is 1.10. The molecule has 0 aromatic rings. The number of β-lactam (4-membered cyclic amide) rings is 1. The molecule has 17 heavy (non-hydrogen) atoms. The third kappa shape index (κ3) is 1.73. The van der Waals surface area contributed by atoms with Crippen LogP contribution in [0, 0.1) is 5.92 Å². The Morgan fingerprint density at radius 2 is 2.41 bits per heavy atom. The fourth-order valence-electron chi connectivity index (χ4n) is 2.25. The van der Waals surface area contributed by atoms with Crippen LogP contribution >= 0.6 is 11.8 Å². The number of carbonyl (C=O) groups is 2. The normalized spacial score (nSPS) is 37.6. The van der Waals surface area contributed by atoms with Gasteiger partial charge in [0.2, 0.25) is 10.8 Å². The van der Waals surface area contributed by atoms with Crippen molar-refractivity contribution in [3.05, 3.63) is 0 Å². The molecule has 1 amide bonds. The van der Waals surface area contributed by atoms with Crippen molar-refractivity contribution in [3.8, 4) is 0 Å². The third-order valence-electron chi connectivity index (χ3n) is 3.10. The van der Waals surface area contributed by atoms with Crippen LogP contribution in [-0.2, 0) is 14.3 Å². The van der Waals surface area contributed by atoms with Gasteiger partial charge in [-0.2, -0.15) is 0 Å². The van der Waals surface area contributed by atoms with Gasteiger partial charge in [0.05, 0.1) is 23.9 Å². The predicted octanol–water partition coefficient (Wildman–Crippen LogP) is -0.284. The quantitative estimate of drug-likeness (QED) is 0.677. The van der Waals surface area contributed by atoms with Gasteiger partial charge >= 0.3 is 5.97 Å². The number of carbonyl (C=O) groups excluding carboxylic acids is 1. The highest BCUT2D eigenvalue weighted by Gasteiger charge is 2.63. The van der Waals surface area contributed by atoms with E-state index in [0.29, 0.717) is 0 Å². The van der Waals surface area contributed by atoms with Crippen LogP contribution in [-0.4, -0.2) is 56.6 Å². The number of nitrogens with zero attached hydrogens (tertiary/aromatic N) is 1. The SMILES string of the molecule is CCOC1(C(=O)O)CN2C(=O)[C@H](C(C)O)[C@H]2S1. The van der Waals surface area contributed by atoms with E-state index < -0.39 is 22.9 Å². The highest BCUT2D eigenvalue weighted by atomic mass is 32.2. The molecule has 6 nitrogen and oxygen atoms in total. The number of carboxylic acids is 1. The molecule has 0 radical (unpaired) electrons. The average molecular weight is 261 g/mol. The lowest BCUT2D eigenvalue weighted by molar-refractivity contribution is -0.163. The second-order valence-corrected chi connectivity index (χ2v) is 5.61. The van der Waals surface area contributed by atoms with Crippen molar-refractivity contribution in [2.45, 2.75) is 30.3 Å². The molecular formula is C10H15NO5S. The van der Waals surface area contributed by atoms with E-state index >= 15 is 0 Å². The van der Waals surface area contributed by atoms with Gasteiger partial charge in [-0.3, -0.25) is 4.79 Å². The number of hydrogen-bond donors (Lipinski definition) is 2. The Kier molecular flexibility index (Phi) is 3.09. The standard InChI is InChI=1S/C10H15NO5S/c1-3-16-10(9(14)15)4-11-7(13)6(5(2)12)8(11)17-10/h5-6,8,12H,3-4H2,1-2H3,(H,14,15)/t5?,6-,8+,10?/m0/s1. The Balaban J connectivity index is 2.18. The molecular weight excluding hydrogens is 246 g/mol. The summed E-state index contributed by atoms with van der Waals surface area (Å²) in [6.07, 6.45) is -0.762. The van der Waals surface area contributed by atoms with Gasteiger partial charge in [-0.1, -0.05) is 11.8 Å². The van der Waals surface area contributed by atoms with Crippen molar-refractivity contribution in [2.75, 3.05) is 13.2 Å². The molecule has 0 spiro atoms. The summed E-state index contributed by atoms with van der Waals surface area (Å²) in [5.74, 6) is -1.78. The molecule has 2 unspecified atom stereocenters. The Labute approximate surface area is 103 Å². The maximum atomic E-state index is 11.7.